The summed E-state index contributed by atoms with van der Waals surface area (Å²) in [6.07, 6.45) is 0.815. The van der Waals surface area contributed by atoms with E-state index in [1.165, 1.54) is 5.56 Å². The van der Waals surface area contributed by atoms with Crippen LogP contribution in [0.1, 0.15) is 29.3 Å². The van der Waals surface area contributed by atoms with Gasteiger partial charge in [0.25, 0.3) is 0 Å². The summed E-state index contributed by atoms with van der Waals surface area (Å²) in [6.45, 7) is 2.85. The zero-order chi connectivity index (χ0) is 14.5. The number of halogens is 1. The molecule has 1 atom stereocenters. The van der Waals surface area contributed by atoms with Crippen LogP contribution in [0.5, 0.6) is 0 Å². The molecule has 0 bridgehead atoms. The molecule has 1 aromatic carbocycles. The summed E-state index contributed by atoms with van der Waals surface area (Å²) in [6, 6.07) is 11.6. The number of carbonyl (C=O) groups is 1. The molecule has 2 aromatic rings. The fraction of sp³-hybridized carbons (Fsp3) is 0.312. The van der Waals surface area contributed by atoms with Gasteiger partial charge in [-0.05, 0) is 46.4 Å². The molecule has 2 rings (SSSR count). The highest BCUT2D eigenvalue weighted by atomic mass is 79.9. The summed E-state index contributed by atoms with van der Waals surface area (Å²) in [5.41, 5.74) is 2.03. The largest absolute Gasteiger partial charge is 0.292 e. The molecule has 2 nitrogen and oxygen atoms in total. The number of thiophene rings is 1. The zero-order valence-corrected chi connectivity index (χ0v) is 14.1. The summed E-state index contributed by atoms with van der Waals surface area (Å²) < 4.78 is 1.13. The molecule has 0 saturated heterocycles. The number of benzene rings is 1. The lowest BCUT2D eigenvalue weighted by atomic mass is 10.0. The minimum atomic E-state index is -0.0731. The van der Waals surface area contributed by atoms with Crippen LogP contribution in [0.4, 0.5) is 0 Å². The number of nitrogens with zero attached hydrogens (tertiary/aromatic N) is 1. The van der Waals surface area contributed by atoms with Crippen LogP contribution in [0.15, 0.2) is 45.6 Å². The lowest BCUT2D eigenvalue weighted by Gasteiger charge is -2.25. The van der Waals surface area contributed by atoms with Crippen LogP contribution in [0.25, 0.3) is 0 Å². The highest BCUT2D eigenvalue weighted by Crippen LogP contribution is 2.22. The second-order valence-corrected chi connectivity index (χ2v) is 7.12. The molecule has 1 heterocycles. The molecule has 0 amide bonds. The van der Waals surface area contributed by atoms with Gasteiger partial charge < -0.3 is 0 Å². The van der Waals surface area contributed by atoms with Gasteiger partial charge in [0.1, 0.15) is 0 Å². The highest BCUT2D eigenvalue weighted by Gasteiger charge is 2.22. The Kier molecular flexibility index (Phi) is 5.52. The van der Waals surface area contributed by atoms with Gasteiger partial charge in [-0.15, -0.1) is 11.3 Å². The number of Topliss-reactive ketones (excluding diaryl/α,β-unsaturated/α-hetero) is 1. The summed E-state index contributed by atoms with van der Waals surface area (Å²) in [7, 11) is 2.01. The third kappa shape index (κ3) is 3.78. The third-order valence-electron chi connectivity index (χ3n) is 3.33. The second-order valence-electron chi connectivity index (χ2n) is 4.83. The number of hydrogen-bond donors (Lipinski definition) is 0. The van der Waals surface area contributed by atoms with Crippen LogP contribution in [0, 0.1) is 0 Å². The van der Waals surface area contributed by atoms with Gasteiger partial charge in [0.2, 0.25) is 0 Å². The number of likely N-dealkylation sites (N-methyl/N-ethyl adjacent to an activating group) is 1. The van der Waals surface area contributed by atoms with Crippen molar-refractivity contribution >= 4 is 33.0 Å². The van der Waals surface area contributed by atoms with E-state index < -0.39 is 0 Å². The number of hydrogen-bond acceptors (Lipinski definition) is 3. The lowest BCUT2D eigenvalue weighted by Crippen LogP contribution is -2.37. The van der Waals surface area contributed by atoms with E-state index in [1.807, 2.05) is 37.4 Å². The van der Waals surface area contributed by atoms with Gasteiger partial charge in [-0.3, -0.25) is 9.69 Å². The zero-order valence-electron chi connectivity index (χ0n) is 11.7. The van der Waals surface area contributed by atoms with E-state index in [0.29, 0.717) is 0 Å². The van der Waals surface area contributed by atoms with Crippen molar-refractivity contribution in [2.24, 2.45) is 0 Å². The Bertz CT molecular complexity index is 567. The monoisotopic (exact) mass is 351 g/mol. The molecule has 0 aliphatic carbocycles. The van der Waals surface area contributed by atoms with Crippen LogP contribution in [0.2, 0.25) is 0 Å². The number of carbonyl (C=O) groups excluding carboxylic acids is 1. The fourth-order valence-corrected chi connectivity index (χ4v) is 3.52. The first-order valence-corrected chi connectivity index (χ1v) is 8.31. The minimum absolute atomic E-state index is 0.0731. The van der Waals surface area contributed by atoms with Gasteiger partial charge in [-0.25, -0.2) is 0 Å². The van der Waals surface area contributed by atoms with Crippen LogP contribution in [-0.4, -0.2) is 23.8 Å². The molecule has 0 saturated carbocycles. The van der Waals surface area contributed by atoms with Gasteiger partial charge in [0.05, 0.1) is 9.83 Å². The first-order valence-electron chi connectivity index (χ1n) is 6.64. The van der Waals surface area contributed by atoms with Crippen LogP contribution >= 0.6 is 27.3 Å². The first-order chi connectivity index (χ1) is 9.61. The van der Waals surface area contributed by atoms with Crippen LogP contribution < -0.4 is 0 Å². The van der Waals surface area contributed by atoms with Crippen molar-refractivity contribution in [2.45, 2.75) is 25.9 Å². The number of ketones is 1. The molecule has 0 spiro atoms. The Morgan fingerprint density at radius 2 is 2.05 bits per heavy atom. The van der Waals surface area contributed by atoms with Crippen molar-refractivity contribution in [2.75, 3.05) is 7.05 Å². The summed E-state index contributed by atoms with van der Waals surface area (Å²) >= 11 is 5.15. The molecule has 0 aliphatic heterocycles. The van der Waals surface area contributed by atoms with Crippen LogP contribution in [-0.2, 0) is 6.54 Å². The molecule has 0 radical (unpaired) electrons. The molecule has 0 aliphatic rings. The molecule has 0 fully saturated rings. The van der Waals surface area contributed by atoms with E-state index in [2.05, 4.69) is 39.2 Å². The Morgan fingerprint density at radius 3 is 2.60 bits per heavy atom. The standard InChI is InChI=1S/C16H18BrNOS/c1-3-14(16(19)13-7-5-4-6-8-13)18(2)10-12-9-15(17)20-11-12/h4-9,11,14H,3,10H2,1-2H3. The molecular formula is C16H18BrNOS. The van der Waals surface area contributed by atoms with E-state index >= 15 is 0 Å². The highest BCUT2D eigenvalue weighted by molar-refractivity contribution is 9.11. The smallest absolute Gasteiger partial charge is 0.179 e. The van der Waals surface area contributed by atoms with Gasteiger partial charge in [-0.2, -0.15) is 0 Å². The second kappa shape index (κ2) is 7.16. The molecule has 0 N–H and O–H groups in total. The quantitative estimate of drug-likeness (QED) is 0.708. The van der Waals surface area contributed by atoms with Gasteiger partial charge in [0, 0.05) is 12.1 Å². The molecule has 106 valence electrons. The van der Waals surface area contributed by atoms with Crippen molar-refractivity contribution in [3.63, 3.8) is 0 Å². The van der Waals surface area contributed by atoms with E-state index in [1.54, 1.807) is 11.3 Å². The van der Waals surface area contributed by atoms with Crippen molar-refractivity contribution < 1.29 is 4.79 Å². The fourth-order valence-electron chi connectivity index (χ4n) is 2.32. The van der Waals surface area contributed by atoms with Crippen LogP contribution in [0.3, 0.4) is 0 Å². The molecule has 4 heteroatoms. The van der Waals surface area contributed by atoms with E-state index in [9.17, 15) is 4.79 Å². The summed E-state index contributed by atoms with van der Waals surface area (Å²) in [4.78, 5) is 14.7. The van der Waals surface area contributed by atoms with Crippen molar-refractivity contribution in [3.05, 3.63) is 56.7 Å². The van der Waals surface area contributed by atoms with Gasteiger partial charge in [-0.1, -0.05) is 37.3 Å². The van der Waals surface area contributed by atoms with Gasteiger partial charge in [0.15, 0.2) is 5.78 Å². The molecule has 1 aromatic heterocycles. The summed E-state index contributed by atoms with van der Waals surface area (Å²) in [5.74, 6) is 0.199. The Balaban J connectivity index is 2.09. The first kappa shape index (κ1) is 15.4. The SMILES string of the molecule is CCC(C(=O)c1ccccc1)N(C)Cc1csc(Br)c1. The molecule has 1 unspecified atom stereocenters. The maximum atomic E-state index is 12.6. The number of rotatable bonds is 6. The van der Waals surface area contributed by atoms with E-state index in [4.69, 9.17) is 0 Å². The molecule has 20 heavy (non-hydrogen) atoms. The van der Waals surface area contributed by atoms with E-state index in [0.717, 1.165) is 22.3 Å². The van der Waals surface area contributed by atoms with Crippen molar-refractivity contribution in [3.8, 4) is 0 Å². The average Bonchev–Trinajstić information content (AvgIpc) is 2.85. The predicted molar refractivity (Wildman–Crippen MR) is 88.3 cm³/mol. The Labute approximate surface area is 132 Å². The Morgan fingerprint density at radius 1 is 1.35 bits per heavy atom. The third-order valence-corrected chi connectivity index (χ3v) is 4.89. The predicted octanol–water partition coefficient (Wildman–Crippen LogP) is 4.60. The maximum Gasteiger partial charge on any atom is 0.179 e. The van der Waals surface area contributed by atoms with Gasteiger partial charge >= 0.3 is 0 Å². The van der Waals surface area contributed by atoms with E-state index in [-0.39, 0.29) is 11.8 Å². The summed E-state index contributed by atoms with van der Waals surface area (Å²) in [5, 5.41) is 2.13. The van der Waals surface area contributed by atoms with Crippen molar-refractivity contribution in [1.29, 1.82) is 0 Å². The Hall–Kier alpha value is -0.970. The normalized spacial score (nSPS) is 12.6. The molecular weight excluding hydrogens is 334 g/mol. The maximum absolute atomic E-state index is 12.6. The average molecular weight is 352 g/mol. The minimum Gasteiger partial charge on any atom is -0.292 e. The van der Waals surface area contributed by atoms with Crippen molar-refractivity contribution in [1.82, 2.24) is 4.90 Å². The lowest BCUT2D eigenvalue weighted by molar-refractivity contribution is 0.0838. The topological polar surface area (TPSA) is 20.3 Å².